The lowest BCUT2D eigenvalue weighted by molar-refractivity contribution is -0.135. The maximum absolute atomic E-state index is 13.1. The number of rotatable bonds is 5. The SMILES string of the molecule is O=C(OCC(=O)N1CCN(S(=O)(=O)c2ccc3ccccc3c2)CC1)c1csc2c1CCCC2. The molecule has 2 aromatic carbocycles. The van der Waals surface area contributed by atoms with E-state index >= 15 is 0 Å². The highest BCUT2D eigenvalue weighted by Crippen LogP contribution is 2.30. The van der Waals surface area contributed by atoms with Crippen molar-refractivity contribution in [2.75, 3.05) is 32.8 Å². The van der Waals surface area contributed by atoms with Gasteiger partial charge in [-0.1, -0.05) is 30.3 Å². The van der Waals surface area contributed by atoms with Crippen molar-refractivity contribution in [3.05, 3.63) is 63.8 Å². The summed E-state index contributed by atoms with van der Waals surface area (Å²) in [6.07, 6.45) is 4.09. The Morgan fingerprint density at radius 1 is 0.941 bits per heavy atom. The van der Waals surface area contributed by atoms with Crippen molar-refractivity contribution in [2.45, 2.75) is 30.6 Å². The van der Waals surface area contributed by atoms with Crippen LogP contribution >= 0.6 is 11.3 Å². The number of hydrogen-bond donors (Lipinski definition) is 0. The van der Waals surface area contributed by atoms with Gasteiger partial charge in [-0.15, -0.1) is 11.3 Å². The molecule has 7 nitrogen and oxygen atoms in total. The van der Waals surface area contributed by atoms with Crippen LogP contribution in [-0.4, -0.2) is 62.3 Å². The Labute approximate surface area is 203 Å². The topological polar surface area (TPSA) is 84.0 Å². The first kappa shape index (κ1) is 23.0. The number of sulfonamides is 1. The van der Waals surface area contributed by atoms with E-state index in [1.165, 1.54) is 9.18 Å². The molecule has 5 rings (SSSR count). The first-order chi connectivity index (χ1) is 16.4. The van der Waals surface area contributed by atoms with E-state index in [1.54, 1.807) is 34.4 Å². The van der Waals surface area contributed by atoms with Crippen molar-refractivity contribution >= 4 is 44.0 Å². The van der Waals surface area contributed by atoms with Gasteiger partial charge in [0.2, 0.25) is 10.0 Å². The zero-order valence-corrected chi connectivity index (χ0v) is 20.4. The third-order valence-corrected chi connectivity index (χ3v) is 9.54. The number of ether oxygens (including phenoxy) is 1. The average molecular weight is 499 g/mol. The van der Waals surface area contributed by atoms with E-state index in [0.717, 1.165) is 42.0 Å². The van der Waals surface area contributed by atoms with Crippen LogP contribution in [-0.2, 0) is 32.4 Å². The Kier molecular flexibility index (Phi) is 6.42. The largest absolute Gasteiger partial charge is 0.452 e. The fraction of sp³-hybridized carbons (Fsp3) is 0.360. The molecule has 1 aromatic heterocycles. The minimum atomic E-state index is -3.66. The Hall–Kier alpha value is -2.75. The summed E-state index contributed by atoms with van der Waals surface area (Å²) in [4.78, 5) is 28.2. The molecule has 34 heavy (non-hydrogen) atoms. The molecule has 0 saturated carbocycles. The summed E-state index contributed by atoms with van der Waals surface area (Å²) in [7, 11) is -3.66. The molecule has 0 radical (unpaired) electrons. The van der Waals surface area contributed by atoms with Crippen molar-refractivity contribution in [1.29, 1.82) is 0 Å². The number of hydrogen-bond acceptors (Lipinski definition) is 6. The number of fused-ring (bicyclic) bond motifs is 2. The van der Waals surface area contributed by atoms with Crippen LogP contribution in [0.25, 0.3) is 10.8 Å². The lowest BCUT2D eigenvalue weighted by Gasteiger charge is -2.33. The normalized spacial score (nSPS) is 16.9. The molecule has 1 saturated heterocycles. The van der Waals surface area contributed by atoms with Crippen LogP contribution in [0.3, 0.4) is 0 Å². The third kappa shape index (κ3) is 4.47. The second-order valence-corrected chi connectivity index (χ2v) is 11.5. The highest BCUT2D eigenvalue weighted by atomic mass is 32.2. The number of aryl methyl sites for hydroxylation is 1. The van der Waals surface area contributed by atoms with Gasteiger partial charge in [0.1, 0.15) is 0 Å². The molecule has 9 heteroatoms. The first-order valence-electron chi connectivity index (χ1n) is 11.5. The second-order valence-electron chi connectivity index (χ2n) is 8.63. The Bertz CT molecular complexity index is 1340. The maximum Gasteiger partial charge on any atom is 0.339 e. The van der Waals surface area contributed by atoms with Gasteiger partial charge in [0.15, 0.2) is 6.61 Å². The zero-order chi connectivity index (χ0) is 23.7. The quantitative estimate of drug-likeness (QED) is 0.503. The van der Waals surface area contributed by atoms with Gasteiger partial charge in [0.25, 0.3) is 5.91 Å². The Balaban J connectivity index is 1.17. The summed E-state index contributed by atoms with van der Waals surface area (Å²) in [5.41, 5.74) is 1.65. The predicted octanol–water partition coefficient (Wildman–Crippen LogP) is 3.47. The number of benzene rings is 2. The Morgan fingerprint density at radius 2 is 1.68 bits per heavy atom. The molecule has 2 heterocycles. The van der Waals surface area contributed by atoms with Gasteiger partial charge in [-0.2, -0.15) is 4.31 Å². The van der Waals surface area contributed by atoms with Crippen LogP contribution < -0.4 is 0 Å². The van der Waals surface area contributed by atoms with E-state index < -0.39 is 16.0 Å². The van der Waals surface area contributed by atoms with E-state index in [2.05, 4.69) is 0 Å². The lowest BCUT2D eigenvalue weighted by Crippen LogP contribution is -2.51. The van der Waals surface area contributed by atoms with Crippen LogP contribution in [0.2, 0.25) is 0 Å². The van der Waals surface area contributed by atoms with Crippen molar-refractivity contribution in [1.82, 2.24) is 9.21 Å². The van der Waals surface area contributed by atoms with Crippen LogP contribution in [0.15, 0.2) is 52.7 Å². The number of esters is 1. The monoisotopic (exact) mass is 498 g/mol. The molecule has 0 atom stereocenters. The molecule has 1 amide bonds. The van der Waals surface area contributed by atoms with Crippen molar-refractivity contribution in [3.63, 3.8) is 0 Å². The summed E-state index contributed by atoms with van der Waals surface area (Å²) in [6, 6.07) is 12.7. The van der Waals surface area contributed by atoms with Crippen LogP contribution in [0.1, 0.15) is 33.6 Å². The summed E-state index contributed by atoms with van der Waals surface area (Å²) < 4.78 is 33.0. The van der Waals surface area contributed by atoms with Crippen molar-refractivity contribution in [2.24, 2.45) is 0 Å². The molecule has 178 valence electrons. The summed E-state index contributed by atoms with van der Waals surface area (Å²) in [5.74, 6) is -0.759. The summed E-state index contributed by atoms with van der Waals surface area (Å²) in [5, 5.41) is 3.68. The smallest absolute Gasteiger partial charge is 0.339 e. The molecule has 0 bridgehead atoms. The predicted molar refractivity (Wildman–Crippen MR) is 131 cm³/mol. The van der Waals surface area contributed by atoms with Gasteiger partial charge >= 0.3 is 5.97 Å². The molecule has 1 aliphatic heterocycles. The van der Waals surface area contributed by atoms with Gasteiger partial charge in [-0.25, -0.2) is 13.2 Å². The molecule has 2 aliphatic rings. The standard InChI is InChI=1S/C25H26N2O5S2/c28-24(16-32-25(29)22-17-33-23-8-4-3-7-21(22)23)26-11-13-27(14-12-26)34(30,31)20-10-9-18-5-1-2-6-19(18)15-20/h1-2,5-6,9-10,15,17H,3-4,7-8,11-14,16H2. The van der Waals surface area contributed by atoms with E-state index in [1.807, 2.05) is 29.6 Å². The number of thiophene rings is 1. The average Bonchev–Trinajstić information content (AvgIpc) is 3.31. The molecular formula is C25H26N2O5S2. The maximum atomic E-state index is 13.1. The number of carbonyl (C=O) groups is 2. The molecular weight excluding hydrogens is 472 g/mol. The van der Waals surface area contributed by atoms with Crippen LogP contribution in [0.5, 0.6) is 0 Å². The number of carbonyl (C=O) groups excluding carboxylic acids is 2. The van der Waals surface area contributed by atoms with Crippen molar-refractivity contribution < 1.29 is 22.7 Å². The van der Waals surface area contributed by atoms with E-state index in [4.69, 9.17) is 4.74 Å². The van der Waals surface area contributed by atoms with Gasteiger partial charge in [-0.05, 0) is 54.2 Å². The molecule has 0 spiro atoms. The third-order valence-electron chi connectivity index (χ3n) is 6.56. The van der Waals surface area contributed by atoms with Crippen LogP contribution in [0.4, 0.5) is 0 Å². The lowest BCUT2D eigenvalue weighted by atomic mass is 9.96. The van der Waals surface area contributed by atoms with Gasteiger partial charge < -0.3 is 9.64 Å². The number of amides is 1. The van der Waals surface area contributed by atoms with Gasteiger partial charge in [0, 0.05) is 36.4 Å². The van der Waals surface area contributed by atoms with Gasteiger partial charge in [-0.3, -0.25) is 4.79 Å². The fourth-order valence-electron chi connectivity index (χ4n) is 4.62. The molecule has 0 unspecified atom stereocenters. The zero-order valence-electron chi connectivity index (χ0n) is 18.7. The molecule has 3 aromatic rings. The molecule has 1 aliphatic carbocycles. The van der Waals surface area contributed by atoms with E-state index in [0.29, 0.717) is 5.56 Å². The minimum absolute atomic E-state index is 0.201. The molecule has 1 fully saturated rings. The second kappa shape index (κ2) is 9.48. The first-order valence-corrected chi connectivity index (χ1v) is 13.8. The van der Waals surface area contributed by atoms with Crippen molar-refractivity contribution in [3.8, 4) is 0 Å². The van der Waals surface area contributed by atoms with Crippen LogP contribution in [0, 0.1) is 0 Å². The number of nitrogens with zero attached hydrogens (tertiary/aromatic N) is 2. The Morgan fingerprint density at radius 3 is 2.47 bits per heavy atom. The molecule has 0 N–H and O–H groups in total. The minimum Gasteiger partial charge on any atom is -0.452 e. The van der Waals surface area contributed by atoms with Gasteiger partial charge in [0.05, 0.1) is 10.5 Å². The summed E-state index contributed by atoms with van der Waals surface area (Å²) in [6.45, 7) is 0.592. The fourth-order valence-corrected chi connectivity index (χ4v) is 7.19. The van der Waals surface area contributed by atoms with E-state index in [9.17, 15) is 18.0 Å². The highest BCUT2D eigenvalue weighted by molar-refractivity contribution is 7.89. The van der Waals surface area contributed by atoms with E-state index in [-0.39, 0.29) is 43.6 Å². The summed E-state index contributed by atoms with van der Waals surface area (Å²) >= 11 is 1.59. The highest BCUT2D eigenvalue weighted by Gasteiger charge is 2.31. The number of piperazine rings is 1.